The van der Waals surface area contributed by atoms with Crippen LogP contribution in [0.15, 0.2) is 31.8 Å². The monoisotopic (exact) mass is 1280 g/mol. The average Bonchev–Trinajstić information content (AvgIpc) is 3.70. The van der Waals surface area contributed by atoms with Crippen LogP contribution in [0.2, 0.25) is 0 Å². The summed E-state index contributed by atoms with van der Waals surface area (Å²) in [4.78, 5) is 41.4. The molecule has 500 valence electrons. The SMILES string of the molecule is CCCCCCc1cc([C@@H]2CC[C@@H]3CN2C(=O)N3O)no1.CCCCCCc1cc([C@@H]2CC[C@@H]3CN2C(=O)N3OS(=O)(=O)[O-])no1.CCCC[N+](CCCC)(CCCC)CCCC.NCCNCCc1cc([C@@H]2CC[C@@H]3CN2C(=O)N3OS(=O)(=O)O)no1. The van der Waals surface area contributed by atoms with Crippen molar-refractivity contribution >= 4 is 38.9 Å². The van der Waals surface area contributed by atoms with Gasteiger partial charge in [0.15, 0.2) is 0 Å². The maximum atomic E-state index is 12.4. The first-order valence-corrected chi connectivity index (χ1v) is 35.4. The zero-order chi connectivity index (χ0) is 63.9. The first-order chi connectivity index (χ1) is 42.2. The molecule has 29 heteroatoms. The van der Waals surface area contributed by atoms with Crippen LogP contribution >= 0.6 is 0 Å². The van der Waals surface area contributed by atoms with E-state index in [2.05, 4.69) is 70.9 Å². The van der Waals surface area contributed by atoms with Gasteiger partial charge in [-0.15, -0.1) is 4.28 Å². The number of urea groups is 3. The second kappa shape index (κ2) is 35.6. The largest absolute Gasteiger partial charge is 0.724 e. The summed E-state index contributed by atoms with van der Waals surface area (Å²) in [7, 11) is -9.72. The van der Waals surface area contributed by atoms with E-state index >= 15 is 0 Å². The van der Waals surface area contributed by atoms with Crippen LogP contribution in [0, 0.1) is 0 Å². The summed E-state index contributed by atoms with van der Waals surface area (Å²) in [6.07, 6.45) is 26.6. The Morgan fingerprint density at radius 3 is 1.31 bits per heavy atom. The minimum Gasteiger partial charge on any atom is -0.724 e. The van der Waals surface area contributed by atoms with Gasteiger partial charge in [0.05, 0.1) is 62.4 Å². The summed E-state index contributed by atoms with van der Waals surface area (Å²) >= 11 is 0. The van der Waals surface area contributed by atoms with E-state index in [0.717, 1.165) is 73.8 Å². The average molecular weight is 1280 g/mol. The molecule has 6 aliphatic rings. The number of quaternary nitrogens is 1. The Morgan fingerprint density at radius 2 is 0.920 bits per heavy atom. The predicted octanol–water partition coefficient (Wildman–Crippen LogP) is 9.70. The van der Waals surface area contributed by atoms with Gasteiger partial charge in [-0.3, -0.25) is 9.76 Å². The number of fused-ring (bicyclic) bond motifs is 6. The highest BCUT2D eigenvalue weighted by Gasteiger charge is 2.50. The lowest BCUT2D eigenvalue weighted by Gasteiger charge is -2.39. The van der Waals surface area contributed by atoms with Gasteiger partial charge in [0, 0.05) is 76.7 Å². The Labute approximate surface area is 521 Å². The molecule has 6 fully saturated rings. The lowest BCUT2D eigenvalue weighted by molar-refractivity contribution is -0.929. The number of piperidine rings is 3. The van der Waals surface area contributed by atoms with Crippen LogP contribution < -0.4 is 11.1 Å². The van der Waals surface area contributed by atoms with Gasteiger partial charge in [0.2, 0.25) is 10.4 Å². The van der Waals surface area contributed by atoms with Gasteiger partial charge in [-0.2, -0.15) is 22.8 Å². The molecule has 5 N–H and O–H groups in total. The molecule has 0 unspecified atom stereocenters. The van der Waals surface area contributed by atoms with Crippen molar-refractivity contribution in [3.05, 3.63) is 52.6 Å². The second-order valence-electron chi connectivity index (χ2n) is 24.2. The molecule has 6 atom stereocenters. The molecule has 3 aromatic rings. The third kappa shape index (κ3) is 21.0. The van der Waals surface area contributed by atoms with Gasteiger partial charge in [-0.25, -0.2) is 27.9 Å². The molecule has 6 amide bonds. The number of aromatic nitrogens is 3. The van der Waals surface area contributed by atoms with E-state index in [1.165, 1.54) is 124 Å². The molecule has 0 spiro atoms. The Morgan fingerprint density at radius 1 is 0.545 bits per heavy atom. The topological polar surface area (TPSA) is 337 Å². The van der Waals surface area contributed by atoms with Crippen molar-refractivity contribution in [1.82, 2.24) is 50.7 Å². The van der Waals surface area contributed by atoms with Crippen molar-refractivity contribution in [2.75, 3.05) is 65.4 Å². The number of nitrogens with zero attached hydrogens (tertiary/aromatic N) is 10. The summed E-state index contributed by atoms with van der Waals surface area (Å²) in [5.74, 6) is 2.38. The van der Waals surface area contributed by atoms with Gasteiger partial charge in [0.1, 0.15) is 34.4 Å². The van der Waals surface area contributed by atoms with Gasteiger partial charge < -0.3 is 48.4 Å². The van der Waals surface area contributed by atoms with Crippen molar-refractivity contribution in [3.63, 3.8) is 0 Å². The Balaban J connectivity index is 0.000000189. The lowest BCUT2D eigenvalue weighted by Crippen LogP contribution is -2.50. The zero-order valence-electron chi connectivity index (χ0n) is 53.0. The quantitative estimate of drug-likeness (QED) is 0.0142. The van der Waals surface area contributed by atoms with Crippen molar-refractivity contribution in [2.24, 2.45) is 5.73 Å². The van der Waals surface area contributed by atoms with Crippen LogP contribution in [-0.4, -0.2) is 183 Å². The van der Waals surface area contributed by atoms with Crippen LogP contribution in [-0.2, 0) is 48.6 Å². The van der Waals surface area contributed by atoms with E-state index in [-0.39, 0.29) is 30.2 Å². The molecule has 27 nitrogen and oxygen atoms in total. The summed E-state index contributed by atoms with van der Waals surface area (Å²) in [5, 5.41) is 27.4. The maximum Gasteiger partial charge on any atom is 0.418 e. The standard InChI is InChI=1S/C16H36N.C15H23N3O6S.C15H23N3O3.C13H21N5O6S/c1-5-9-13-17(14-10-6-2,15-11-7-3)16-12-8-4;1-2-3-4-5-6-12-9-13(16-23-12)14-8-7-11-10-17(14)15(19)18(11)24-25(20,21)22;1-2-3-4-5-6-12-9-13(16-21-12)14-8-7-11-10-17(14)15(19)18(11)20;14-4-6-15-5-3-10-7-11(16-23-10)12-2-1-9-8-17(12)13(19)18(9)24-25(20,21)22/h5-16H2,1-4H3;9,11,14H,2-8,10H2,1H3,(H,20,21,22);9,11,14,20H,2-8,10H2,1H3;7,9,12,15H,1-6,8,14H2,(H,20,21,22)/q+1;;;/p-1/t;2*11-,14+;9-,12+/m.111/s1. The Kier molecular flexibility index (Phi) is 29.1. The summed E-state index contributed by atoms with van der Waals surface area (Å²) in [6.45, 7) is 22.5. The van der Waals surface area contributed by atoms with Crippen molar-refractivity contribution in [3.8, 4) is 0 Å². The third-order valence-corrected chi connectivity index (χ3v) is 18.2. The van der Waals surface area contributed by atoms with E-state index < -0.39 is 44.9 Å². The number of aryl methyl sites for hydroxylation is 2. The normalized spacial score (nSPS) is 21.6. The molecule has 6 saturated heterocycles. The van der Waals surface area contributed by atoms with Crippen molar-refractivity contribution in [2.45, 2.75) is 238 Å². The molecule has 0 radical (unpaired) electrons. The molecule has 9 heterocycles. The van der Waals surface area contributed by atoms with Crippen LogP contribution in [0.4, 0.5) is 14.4 Å². The molecule has 3 aromatic heterocycles. The Hall–Kier alpha value is -4.98. The number of nitrogens with one attached hydrogen (secondary N) is 1. The molecule has 0 saturated carbocycles. The van der Waals surface area contributed by atoms with E-state index in [0.29, 0.717) is 92.1 Å². The molecule has 6 bridgehead atoms. The van der Waals surface area contributed by atoms with Gasteiger partial charge in [0.25, 0.3) is 0 Å². The maximum absolute atomic E-state index is 12.4. The van der Waals surface area contributed by atoms with E-state index in [1.54, 1.807) is 11.0 Å². The van der Waals surface area contributed by atoms with Gasteiger partial charge >= 0.3 is 28.5 Å². The van der Waals surface area contributed by atoms with Gasteiger partial charge in [-0.1, -0.05) is 121 Å². The minimum absolute atomic E-state index is 0.0564. The smallest absolute Gasteiger partial charge is 0.418 e. The minimum atomic E-state index is -4.98. The first kappa shape index (κ1) is 72.1. The first-order valence-electron chi connectivity index (χ1n) is 32.7. The molecule has 0 aromatic carbocycles. The molecular weight excluding hydrogens is 1180 g/mol. The Bertz CT molecular complexity index is 2640. The summed E-state index contributed by atoms with van der Waals surface area (Å²) in [5.41, 5.74) is 7.50. The van der Waals surface area contributed by atoms with E-state index in [9.17, 15) is 41.0 Å². The summed E-state index contributed by atoms with van der Waals surface area (Å²) in [6, 6.07) is 2.51. The van der Waals surface area contributed by atoms with Crippen LogP contribution in [0.25, 0.3) is 0 Å². The fraction of sp³-hybridized carbons (Fsp3) is 0.797. The highest BCUT2D eigenvalue weighted by Crippen LogP contribution is 2.41. The van der Waals surface area contributed by atoms with Crippen LogP contribution in [0.5, 0.6) is 0 Å². The number of rotatable bonds is 34. The molecule has 0 aliphatic carbocycles. The van der Waals surface area contributed by atoms with Gasteiger partial charge in [-0.05, 0) is 77.0 Å². The predicted molar refractivity (Wildman–Crippen MR) is 325 cm³/mol. The molecule has 88 heavy (non-hydrogen) atoms. The molecule has 6 aliphatic heterocycles. The second-order valence-corrected chi connectivity index (χ2v) is 26.2. The number of hydroxylamine groups is 6. The number of amides is 6. The number of nitrogens with two attached hydrogens (primary N) is 1. The molecular formula is C59H102N12O15S2. The number of hydrogen-bond donors (Lipinski definition) is 4. The number of carbonyl (C=O) groups is 3. The fourth-order valence-electron chi connectivity index (χ4n) is 12.6. The van der Waals surface area contributed by atoms with Crippen molar-refractivity contribution in [1.29, 1.82) is 0 Å². The van der Waals surface area contributed by atoms with Crippen LogP contribution in [0.1, 0.15) is 235 Å². The summed E-state index contributed by atoms with van der Waals surface area (Å²) < 4.78 is 89.2. The number of carbonyl (C=O) groups excluding carboxylic acids is 3. The van der Waals surface area contributed by atoms with E-state index in [1.807, 2.05) is 12.1 Å². The van der Waals surface area contributed by atoms with E-state index in [4.69, 9.17) is 23.9 Å². The number of hydrogen-bond acceptors (Lipinski definition) is 19. The van der Waals surface area contributed by atoms with Crippen molar-refractivity contribution < 1.29 is 72.2 Å². The molecule has 9 rings (SSSR count). The highest BCUT2D eigenvalue weighted by molar-refractivity contribution is 7.81. The zero-order valence-corrected chi connectivity index (χ0v) is 54.6. The highest BCUT2D eigenvalue weighted by atomic mass is 32.3. The fourth-order valence-corrected chi connectivity index (χ4v) is 13.4. The third-order valence-electron chi connectivity index (χ3n) is 17.5. The lowest BCUT2D eigenvalue weighted by atomic mass is 9.98. The number of unbranched alkanes of at least 4 members (excludes halogenated alkanes) is 10. The van der Waals surface area contributed by atoms with Crippen LogP contribution in [0.3, 0.4) is 0 Å².